The van der Waals surface area contributed by atoms with E-state index in [1.807, 2.05) is 6.92 Å². The standard InChI is InChI=1S/C14H17FN2O2/c1-2-10-9-17(8-7-13(10)16-19)14(18)11-3-5-12(15)6-4-11/h3-6,10,19H,2,7-9H2,1H3/b16-13+. The van der Waals surface area contributed by atoms with Crippen LogP contribution >= 0.6 is 0 Å². The van der Waals surface area contributed by atoms with E-state index >= 15 is 0 Å². The molecule has 102 valence electrons. The van der Waals surface area contributed by atoms with E-state index in [0.717, 1.165) is 12.1 Å². The van der Waals surface area contributed by atoms with Crippen molar-refractivity contribution >= 4 is 11.6 Å². The molecule has 1 heterocycles. The Morgan fingerprint density at radius 3 is 2.74 bits per heavy atom. The van der Waals surface area contributed by atoms with Gasteiger partial charge in [-0.3, -0.25) is 4.79 Å². The van der Waals surface area contributed by atoms with Crippen LogP contribution in [0.3, 0.4) is 0 Å². The van der Waals surface area contributed by atoms with E-state index < -0.39 is 0 Å². The summed E-state index contributed by atoms with van der Waals surface area (Å²) in [7, 11) is 0. The lowest BCUT2D eigenvalue weighted by Crippen LogP contribution is -2.44. The molecule has 0 spiro atoms. The van der Waals surface area contributed by atoms with E-state index in [0.29, 0.717) is 25.1 Å². The summed E-state index contributed by atoms with van der Waals surface area (Å²) >= 11 is 0. The number of amides is 1. The predicted molar refractivity (Wildman–Crippen MR) is 69.9 cm³/mol. The zero-order valence-electron chi connectivity index (χ0n) is 10.8. The van der Waals surface area contributed by atoms with Crippen molar-refractivity contribution in [3.8, 4) is 0 Å². The average molecular weight is 264 g/mol. The lowest BCUT2D eigenvalue weighted by atomic mass is 9.93. The molecule has 1 N–H and O–H groups in total. The number of likely N-dealkylation sites (tertiary alicyclic amines) is 1. The second kappa shape index (κ2) is 5.82. The van der Waals surface area contributed by atoms with Crippen molar-refractivity contribution in [2.75, 3.05) is 13.1 Å². The minimum Gasteiger partial charge on any atom is -0.411 e. The number of halogens is 1. The molecule has 0 aliphatic carbocycles. The van der Waals surface area contributed by atoms with Gasteiger partial charge in [-0.2, -0.15) is 0 Å². The van der Waals surface area contributed by atoms with Crippen molar-refractivity contribution in [2.45, 2.75) is 19.8 Å². The van der Waals surface area contributed by atoms with Crippen LogP contribution in [0.1, 0.15) is 30.1 Å². The molecule has 5 heteroatoms. The van der Waals surface area contributed by atoms with Gasteiger partial charge in [-0.25, -0.2) is 4.39 Å². The summed E-state index contributed by atoms with van der Waals surface area (Å²) in [6, 6.07) is 5.56. The highest BCUT2D eigenvalue weighted by atomic mass is 19.1. The fraction of sp³-hybridized carbons (Fsp3) is 0.429. The van der Waals surface area contributed by atoms with Crippen molar-refractivity contribution in [1.82, 2.24) is 4.90 Å². The van der Waals surface area contributed by atoms with Crippen LogP contribution in [0.15, 0.2) is 29.4 Å². The molecule has 1 aliphatic heterocycles. The maximum absolute atomic E-state index is 12.8. The van der Waals surface area contributed by atoms with Gasteiger partial charge in [0.2, 0.25) is 0 Å². The Bertz CT molecular complexity index is 485. The normalized spacial score (nSPS) is 21.7. The average Bonchev–Trinajstić information content (AvgIpc) is 2.46. The van der Waals surface area contributed by atoms with Crippen LogP contribution in [0.25, 0.3) is 0 Å². The van der Waals surface area contributed by atoms with Crippen LogP contribution in [0, 0.1) is 11.7 Å². The van der Waals surface area contributed by atoms with E-state index in [9.17, 15) is 9.18 Å². The van der Waals surface area contributed by atoms with Crippen molar-refractivity contribution in [3.05, 3.63) is 35.6 Å². The minimum absolute atomic E-state index is 0.100. The number of nitrogens with zero attached hydrogens (tertiary/aromatic N) is 2. The van der Waals surface area contributed by atoms with Gasteiger partial charge in [-0.15, -0.1) is 0 Å². The fourth-order valence-electron chi connectivity index (χ4n) is 2.37. The molecule has 1 atom stereocenters. The van der Waals surface area contributed by atoms with Gasteiger partial charge in [0, 0.05) is 31.0 Å². The summed E-state index contributed by atoms with van der Waals surface area (Å²) < 4.78 is 12.8. The van der Waals surface area contributed by atoms with Crippen LogP contribution in [-0.4, -0.2) is 34.8 Å². The lowest BCUT2D eigenvalue weighted by molar-refractivity contribution is 0.0729. The highest BCUT2D eigenvalue weighted by molar-refractivity contribution is 5.96. The highest BCUT2D eigenvalue weighted by Gasteiger charge is 2.28. The van der Waals surface area contributed by atoms with Gasteiger partial charge in [0.25, 0.3) is 5.91 Å². The smallest absolute Gasteiger partial charge is 0.253 e. The van der Waals surface area contributed by atoms with Crippen molar-refractivity contribution in [1.29, 1.82) is 0 Å². The second-order valence-electron chi connectivity index (χ2n) is 4.70. The molecule has 1 aliphatic rings. The van der Waals surface area contributed by atoms with Gasteiger partial charge >= 0.3 is 0 Å². The third-order valence-electron chi connectivity index (χ3n) is 3.55. The van der Waals surface area contributed by atoms with E-state index in [2.05, 4.69) is 5.16 Å². The number of benzene rings is 1. The Hall–Kier alpha value is -1.91. The Morgan fingerprint density at radius 1 is 1.47 bits per heavy atom. The summed E-state index contributed by atoms with van der Waals surface area (Å²) in [6.45, 7) is 3.08. The molecule has 0 aromatic heterocycles. The van der Waals surface area contributed by atoms with Crippen molar-refractivity contribution < 1.29 is 14.4 Å². The molecular weight excluding hydrogens is 247 g/mol. The maximum atomic E-state index is 12.8. The predicted octanol–water partition coefficient (Wildman–Crippen LogP) is 2.53. The van der Waals surface area contributed by atoms with E-state index in [-0.39, 0.29) is 17.6 Å². The summed E-state index contributed by atoms with van der Waals surface area (Å²) in [5.41, 5.74) is 1.24. The summed E-state index contributed by atoms with van der Waals surface area (Å²) in [4.78, 5) is 14.0. The SMILES string of the molecule is CCC1CN(C(=O)c2ccc(F)cc2)CC/C1=N\O. The third-order valence-corrected chi connectivity index (χ3v) is 3.55. The van der Waals surface area contributed by atoms with Gasteiger partial charge in [-0.05, 0) is 30.7 Å². The molecule has 0 saturated carbocycles. The van der Waals surface area contributed by atoms with Crippen LogP contribution in [0.2, 0.25) is 0 Å². The number of piperidine rings is 1. The monoisotopic (exact) mass is 264 g/mol. The highest BCUT2D eigenvalue weighted by Crippen LogP contribution is 2.19. The molecule has 1 aromatic rings. The molecule has 4 nitrogen and oxygen atoms in total. The Balaban J connectivity index is 2.10. The van der Waals surface area contributed by atoms with Crippen molar-refractivity contribution in [2.24, 2.45) is 11.1 Å². The van der Waals surface area contributed by atoms with E-state index in [4.69, 9.17) is 5.21 Å². The second-order valence-corrected chi connectivity index (χ2v) is 4.70. The van der Waals surface area contributed by atoms with Gasteiger partial charge in [0.05, 0.1) is 5.71 Å². The molecule has 1 unspecified atom stereocenters. The number of rotatable bonds is 2. The van der Waals surface area contributed by atoms with Gasteiger partial charge < -0.3 is 10.1 Å². The van der Waals surface area contributed by atoms with Crippen LogP contribution in [-0.2, 0) is 0 Å². The number of hydrogen-bond donors (Lipinski definition) is 1. The van der Waals surface area contributed by atoms with Gasteiger partial charge in [-0.1, -0.05) is 12.1 Å². The van der Waals surface area contributed by atoms with Gasteiger partial charge in [0.1, 0.15) is 5.82 Å². The molecular formula is C14H17FN2O2. The Morgan fingerprint density at radius 2 is 2.16 bits per heavy atom. The summed E-state index contributed by atoms with van der Waals surface area (Å²) in [5, 5.41) is 12.2. The zero-order chi connectivity index (χ0) is 13.8. The Labute approximate surface area is 111 Å². The topological polar surface area (TPSA) is 52.9 Å². The molecule has 1 aromatic carbocycles. The number of hydrogen-bond acceptors (Lipinski definition) is 3. The number of carbonyl (C=O) groups excluding carboxylic acids is 1. The molecule has 0 radical (unpaired) electrons. The van der Waals surface area contributed by atoms with E-state index in [1.54, 1.807) is 4.90 Å². The first-order valence-electron chi connectivity index (χ1n) is 6.41. The fourth-order valence-corrected chi connectivity index (χ4v) is 2.37. The maximum Gasteiger partial charge on any atom is 0.253 e. The van der Waals surface area contributed by atoms with Crippen LogP contribution in [0.4, 0.5) is 4.39 Å². The van der Waals surface area contributed by atoms with Crippen LogP contribution < -0.4 is 0 Å². The molecule has 2 rings (SSSR count). The molecule has 0 bridgehead atoms. The molecule has 1 fully saturated rings. The summed E-state index contributed by atoms with van der Waals surface area (Å²) in [5.74, 6) is -0.352. The number of oxime groups is 1. The lowest BCUT2D eigenvalue weighted by Gasteiger charge is -2.32. The van der Waals surface area contributed by atoms with E-state index in [1.165, 1.54) is 24.3 Å². The largest absolute Gasteiger partial charge is 0.411 e. The van der Waals surface area contributed by atoms with Gasteiger partial charge in [0.15, 0.2) is 0 Å². The first-order chi connectivity index (χ1) is 9.15. The minimum atomic E-state index is -0.351. The first kappa shape index (κ1) is 13.5. The third kappa shape index (κ3) is 2.92. The summed E-state index contributed by atoms with van der Waals surface area (Å²) in [6.07, 6.45) is 1.41. The molecule has 19 heavy (non-hydrogen) atoms. The first-order valence-corrected chi connectivity index (χ1v) is 6.41. The molecule has 1 saturated heterocycles. The quantitative estimate of drug-likeness (QED) is 0.659. The Kier molecular flexibility index (Phi) is 4.14. The van der Waals surface area contributed by atoms with Crippen LogP contribution in [0.5, 0.6) is 0 Å². The zero-order valence-corrected chi connectivity index (χ0v) is 10.8. The number of carbonyl (C=O) groups is 1. The molecule has 1 amide bonds. The van der Waals surface area contributed by atoms with Crippen molar-refractivity contribution in [3.63, 3.8) is 0 Å².